The first kappa shape index (κ1) is 14.5. The first-order valence-corrected chi connectivity index (χ1v) is 8.21. The van der Waals surface area contributed by atoms with Crippen molar-refractivity contribution in [3.63, 3.8) is 0 Å². The van der Waals surface area contributed by atoms with Crippen LogP contribution in [0.3, 0.4) is 0 Å². The van der Waals surface area contributed by atoms with Crippen LogP contribution in [0.1, 0.15) is 43.0 Å². The van der Waals surface area contributed by atoms with Crippen LogP contribution in [-0.2, 0) is 16.6 Å². The zero-order chi connectivity index (χ0) is 16.0. The zero-order valence-corrected chi connectivity index (χ0v) is 13.1. The van der Waals surface area contributed by atoms with Crippen LogP contribution >= 0.6 is 0 Å². The van der Waals surface area contributed by atoms with Crippen molar-refractivity contribution in [3.8, 4) is 0 Å². The molecule has 2 aliphatic carbocycles. The maximum Gasteiger partial charge on any atom is 0.136 e. The van der Waals surface area contributed by atoms with Crippen molar-refractivity contribution >= 4 is 5.78 Å². The minimum absolute atomic E-state index is 0.0110. The molecule has 0 aliphatic heterocycles. The SMILES string of the molecule is C[C@@H]1C(=O)CC[C@]2(c3ccc(F)cc3)c3ncncc3CC[C@@H]12. The second-order valence-electron chi connectivity index (χ2n) is 6.77. The summed E-state index contributed by atoms with van der Waals surface area (Å²) in [5, 5.41) is 0. The second kappa shape index (κ2) is 5.22. The minimum Gasteiger partial charge on any atom is -0.299 e. The van der Waals surface area contributed by atoms with E-state index < -0.39 is 0 Å². The average Bonchev–Trinajstić information content (AvgIpc) is 2.58. The number of fused-ring (bicyclic) bond motifs is 3. The fourth-order valence-corrected chi connectivity index (χ4v) is 4.67. The molecule has 1 aromatic carbocycles. The van der Waals surface area contributed by atoms with E-state index in [0.717, 1.165) is 36.1 Å². The number of benzene rings is 1. The molecule has 2 aromatic rings. The van der Waals surface area contributed by atoms with Gasteiger partial charge in [0.1, 0.15) is 17.9 Å². The van der Waals surface area contributed by atoms with Crippen molar-refractivity contribution < 1.29 is 9.18 Å². The van der Waals surface area contributed by atoms with Crippen LogP contribution in [0.4, 0.5) is 4.39 Å². The van der Waals surface area contributed by atoms with Gasteiger partial charge in [-0.05, 0) is 48.4 Å². The molecule has 118 valence electrons. The molecule has 1 heterocycles. The third kappa shape index (κ3) is 2.04. The van der Waals surface area contributed by atoms with E-state index in [1.54, 1.807) is 6.33 Å². The van der Waals surface area contributed by atoms with Crippen molar-refractivity contribution in [1.29, 1.82) is 0 Å². The van der Waals surface area contributed by atoms with Gasteiger partial charge in [0.2, 0.25) is 0 Å². The number of carbonyl (C=O) groups excluding carboxylic acids is 1. The van der Waals surface area contributed by atoms with E-state index in [9.17, 15) is 9.18 Å². The Morgan fingerprint density at radius 3 is 2.78 bits per heavy atom. The number of halogens is 1. The highest BCUT2D eigenvalue weighted by atomic mass is 19.1. The number of nitrogens with zero attached hydrogens (tertiary/aromatic N) is 2. The van der Waals surface area contributed by atoms with Gasteiger partial charge in [0.15, 0.2) is 0 Å². The maximum absolute atomic E-state index is 13.4. The molecule has 4 rings (SSSR count). The largest absolute Gasteiger partial charge is 0.299 e. The molecule has 0 bridgehead atoms. The monoisotopic (exact) mass is 310 g/mol. The molecule has 0 spiro atoms. The van der Waals surface area contributed by atoms with Gasteiger partial charge in [0, 0.05) is 24.0 Å². The predicted molar refractivity (Wildman–Crippen MR) is 84.4 cm³/mol. The molecule has 0 saturated heterocycles. The van der Waals surface area contributed by atoms with Crippen LogP contribution in [0.15, 0.2) is 36.8 Å². The summed E-state index contributed by atoms with van der Waals surface area (Å²) in [6.45, 7) is 2.04. The average molecular weight is 310 g/mol. The number of rotatable bonds is 1. The number of carbonyl (C=O) groups is 1. The molecule has 0 radical (unpaired) electrons. The number of hydrogen-bond donors (Lipinski definition) is 0. The third-order valence-electron chi connectivity index (χ3n) is 5.80. The smallest absolute Gasteiger partial charge is 0.136 e. The van der Waals surface area contributed by atoms with Gasteiger partial charge >= 0.3 is 0 Å². The van der Waals surface area contributed by atoms with Crippen molar-refractivity contribution in [2.24, 2.45) is 11.8 Å². The Morgan fingerprint density at radius 1 is 1.22 bits per heavy atom. The normalized spacial score (nSPS) is 29.7. The van der Waals surface area contributed by atoms with E-state index in [0.29, 0.717) is 12.2 Å². The zero-order valence-electron chi connectivity index (χ0n) is 13.1. The molecule has 0 amide bonds. The quantitative estimate of drug-likeness (QED) is 0.810. The van der Waals surface area contributed by atoms with E-state index >= 15 is 0 Å². The summed E-state index contributed by atoms with van der Waals surface area (Å²) >= 11 is 0. The molecule has 3 nitrogen and oxygen atoms in total. The van der Waals surface area contributed by atoms with E-state index in [2.05, 4.69) is 9.97 Å². The fraction of sp³-hybridized carbons (Fsp3) is 0.421. The summed E-state index contributed by atoms with van der Waals surface area (Å²) < 4.78 is 13.4. The Kier molecular flexibility index (Phi) is 3.29. The molecule has 4 heteroatoms. The summed E-state index contributed by atoms with van der Waals surface area (Å²) in [5.41, 5.74) is 2.98. The van der Waals surface area contributed by atoms with E-state index in [1.807, 2.05) is 25.3 Å². The first-order chi connectivity index (χ1) is 11.1. The van der Waals surface area contributed by atoms with Gasteiger partial charge in [-0.15, -0.1) is 0 Å². The molecule has 0 N–H and O–H groups in total. The lowest BCUT2D eigenvalue weighted by Crippen LogP contribution is -2.49. The number of Topliss-reactive ketones (excluding diaryl/α,β-unsaturated/α-hetero) is 1. The Hall–Kier alpha value is -2.10. The molecule has 3 atom stereocenters. The third-order valence-corrected chi connectivity index (χ3v) is 5.80. The van der Waals surface area contributed by atoms with Crippen LogP contribution in [0.25, 0.3) is 0 Å². The number of hydrogen-bond acceptors (Lipinski definition) is 3. The number of aromatic nitrogens is 2. The van der Waals surface area contributed by atoms with Gasteiger partial charge in [0.25, 0.3) is 0 Å². The minimum atomic E-state index is -0.294. The van der Waals surface area contributed by atoms with Gasteiger partial charge in [0.05, 0.1) is 5.69 Å². The summed E-state index contributed by atoms with van der Waals surface area (Å²) in [7, 11) is 0. The summed E-state index contributed by atoms with van der Waals surface area (Å²) in [4.78, 5) is 21.1. The molecule has 1 aromatic heterocycles. The lowest BCUT2D eigenvalue weighted by atomic mass is 9.53. The van der Waals surface area contributed by atoms with Crippen molar-refractivity contribution in [1.82, 2.24) is 9.97 Å². The van der Waals surface area contributed by atoms with Crippen molar-refractivity contribution in [2.45, 2.75) is 38.0 Å². The van der Waals surface area contributed by atoms with E-state index in [4.69, 9.17) is 0 Å². The van der Waals surface area contributed by atoms with Crippen LogP contribution in [0, 0.1) is 17.7 Å². The maximum atomic E-state index is 13.4. The summed E-state index contributed by atoms with van der Waals surface area (Å²) in [6.07, 6.45) is 6.64. The van der Waals surface area contributed by atoms with E-state index in [-0.39, 0.29) is 23.1 Å². The van der Waals surface area contributed by atoms with Crippen LogP contribution in [-0.4, -0.2) is 15.8 Å². The van der Waals surface area contributed by atoms with Gasteiger partial charge in [-0.1, -0.05) is 19.1 Å². The lowest BCUT2D eigenvalue weighted by Gasteiger charge is -2.50. The van der Waals surface area contributed by atoms with Crippen molar-refractivity contribution in [3.05, 3.63) is 59.4 Å². The molecule has 2 aliphatic rings. The molecular weight excluding hydrogens is 291 g/mol. The van der Waals surface area contributed by atoms with Gasteiger partial charge < -0.3 is 0 Å². The molecule has 1 saturated carbocycles. The van der Waals surface area contributed by atoms with Gasteiger partial charge in [-0.25, -0.2) is 14.4 Å². The van der Waals surface area contributed by atoms with Crippen LogP contribution in [0.2, 0.25) is 0 Å². The molecule has 1 fully saturated rings. The highest BCUT2D eigenvalue weighted by molar-refractivity contribution is 5.83. The second-order valence-corrected chi connectivity index (χ2v) is 6.77. The van der Waals surface area contributed by atoms with Crippen LogP contribution < -0.4 is 0 Å². The lowest BCUT2D eigenvalue weighted by molar-refractivity contribution is -0.128. The van der Waals surface area contributed by atoms with Crippen molar-refractivity contribution in [2.75, 3.05) is 0 Å². The van der Waals surface area contributed by atoms with Gasteiger partial charge in [-0.3, -0.25) is 4.79 Å². The summed E-state index contributed by atoms with van der Waals surface area (Å²) in [6, 6.07) is 6.75. The highest BCUT2D eigenvalue weighted by Gasteiger charge is 2.52. The highest BCUT2D eigenvalue weighted by Crippen LogP contribution is 2.54. The Labute approximate surface area is 135 Å². The Morgan fingerprint density at radius 2 is 2.00 bits per heavy atom. The molecular formula is C19H19FN2O. The molecule has 23 heavy (non-hydrogen) atoms. The van der Waals surface area contributed by atoms with Crippen LogP contribution in [0.5, 0.6) is 0 Å². The van der Waals surface area contributed by atoms with E-state index in [1.165, 1.54) is 12.1 Å². The number of ketones is 1. The molecule has 0 unspecified atom stereocenters. The number of aryl methyl sites for hydroxylation is 1. The van der Waals surface area contributed by atoms with Gasteiger partial charge in [-0.2, -0.15) is 0 Å². The Bertz CT molecular complexity index is 758. The summed E-state index contributed by atoms with van der Waals surface area (Å²) in [5.74, 6) is 0.333. The Balaban J connectivity index is 1.96. The first-order valence-electron chi connectivity index (χ1n) is 8.21. The standard InChI is InChI=1S/C19H19FN2O/c1-12-16-7-2-13-10-21-11-22-18(13)19(16,9-8-17(12)23)14-3-5-15(20)6-4-14/h3-6,10-12,16H,2,7-9H2,1H3/t12-,16-,19+/m0/s1. The predicted octanol–water partition coefficient (Wildman–Crippen LogP) is 3.46. The fourth-order valence-electron chi connectivity index (χ4n) is 4.67. The topological polar surface area (TPSA) is 42.9 Å².